The second kappa shape index (κ2) is 7.16. The number of benzene rings is 2. The Hall–Kier alpha value is -3.26. The van der Waals surface area contributed by atoms with Gasteiger partial charge in [0, 0.05) is 22.7 Å². The molecule has 0 aromatic heterocycles. The number of nitrogens with one attached hydrogen (secondary N) is 1. The highest BCUT2D eigenvalue weighted by molar-refractivity contribution is 6.32. The van der Waals surface area contributed by atoms with Gasteiger partial charge in [0.15, 0.2) is 0 Å². The van der Waals surface area contributed by atoms with Crippen LogP contribution in [0.2, 0.25) is 5.02 Å². The smallest absolute Gasteiger partial charge is 0.270 e. The van der Waals surface area contributed by atoms with Gasteiger partial charge in [-0.05, 0) is 43.2 Å². The zero-order valence-corrected chi connectivity index (χ0v) is 15.3. The fourth-order valence-electron chi connectivity index (χ4n) is 2.67. The van der Waals surface area contributed by atoms with Crippen LogP contribution in [0.1, 0.15) is 27.9 Å². The minimum Gasteiger partial charge on any atom is -0.308 e. The average molecular weight is 387 g/mol. The van der Waals surface area contributed by atoms with Crippen LogP contribution in [0.15, 0.2) is 41.5 Å². The molecule has 3 rings (SSSR count). The Morgan fingerprint density at radius 1 is 1.30 bits per heavy atom. The van der Waals surface area contributed by atoms with Crippen LogP contribution in [0.4, 0.5) is 11.4 Å². The Kier molecular flexibility index (Phi) is 4.91. The van der Waals surface area contributed by atoms with Gasteiger partial charge in [0.1, 0.15) is 5.84 Å². The van der Waals surface area contributed by atoms with E-state index in [2.05, 4.69) is 10.4 Å². The van der Waals surface area contributed by atoms with Crippen LogP contribution in [-0.2, 0) is 4.79 Å². The predicted molar refractivity (Wildman–Crippen MR) is 101 cm³/mol. The number of aryl methyl sites for hydroxylation is 1. The summed E-state index contributed by atoms with van der Waals surface area (Å²) >= 11 is 6.18. The van der Waals surface area contributed by atoms with Crippen molar-refractivity contribution in [3.63, 3.8) is 0 Å². The molecular weight excluding hydrogens is 372 g/mol. The number of anilines is 1. The highest BCUT2D eigenvalue weighted by atomic mass is 35.5. The molecule has 2 amide bonds. The van der Waals surface area contributed by atoms with Gasteiger partial charge in [-0.1, -0.05) is 17.7 Å². The molecule has 8 nitrogen and oxygen atoms in total. The maximum atomic E-state index is 12.3. The number of amides is 2. The summed E-state index contributed by atoms with van der Waals surface area (Å²) in [4.78, 5) is 34.9. The summed E-state index contributed by atoms with van der Waals surface area (Å²) in [7, 11) is 0. The van der Waals surface area contributed by atoms with E-state index in [4.69, 9.17) is 11.6 Å². The first-order valence-electron chi connectivity index (χ1n) is 7.99. The summed E-state index contributed by atoms with van der Waals surface area (Å²) in [5.74, 6) is -0.728. The molecule has 1 aliphatic rings. The molecular formula is C18H15ClN4O4. The van der Waals surface area contributed by atoms with Gasteiger partial charge in [-0.25, -0.2) is 0 Å². The second-order valence-corrected chi connectivity index (χ2v) is 6.49. The molecule has 0 unspecified atom stereocenters. The Bertz CT molecular complexity index is 1000. The van der Waals surface area contributed by atoms with Crippen molar-refractivity contribution in [1.29, 1.82) is 0 Å². The lowest BCUT2D eigenvalue weighted by molar-refractivity contribution is -0.384. The van der Waals surface area contributed by atoms with Crippen LogP contribution >= 0.6 is 11.6 Å². The molecule has 1 aliphatic heterocycles. The van der Waals surface area contributed by atoms with E-state index in [0.29, 0.717) is 16.3 Å². The SMILES string of the molecule is Cc1cc(Cl)c(C)c(N2N=C(NC(=O)c3cccc([N+](=O)[O-])c3)CC2=O)c1. The Labute approximate surface area is 159 Å². The number of rotatable bonds is 3. The fraction of sp³-hybridized carbons (Fsp3) is 0.167. The minimum absolute atomic E-state index is 0.0916. The zero-order chi connectivity index (χ0) is 19.7. The quantitative estimate of drug-likeness (QED) is 0.645. The molecule has 0 saturated heterocycles. The molecule has 27 heavy (non-hydrogen) atoms. The van der Waals surface area contributed by atoms with Crippen LogP contribution < -0.4 is 10.3 Å². The predicted octanol–water partition coefficient (Wildman–Crippen LogP) is 3.35. The van der Waals surface area contributed by atoms with Gasteiger partial charge in [0.2, 0.25) is 0 Å². The first kappa shape index (κ1) is 18.5. The van der Waals surface area contributed by atoms with Crippen molar-refractivity contribution in [2.45, 2.75) is 20.3 Å². The molecule has 0 atom stereocenters. The molecule has 0 fully saturated rings. The summed E-state index contributed by atoms with van der Waals surface area (Å²) < 4.78 is 0. The molecule has 9 heteroatoms. The molecule has 138 valence electrons. The van der Waals surface area contributed by atoms with Crippen LogP contribution in [0.5, 0.6) is 0 Å². The molecule has 0 aliphatic carbocycles. The number of nitro groups is 1. The number of carbonyl (C=O) groups is 2. The van der Waals surface area contributed by atoms with Gasteiger partial charge in [0.05, 0.1) is 17.0 Å². The van der Waals surface area contributed by atoms with E-state index in [9.17, 15) is 19.7 Å². The van der Waals surface area contributed by atoms with Crippen molar-refractivity contribution in [2.75, 3.05) is 5.01 Å². The zero-order valence-electron chi connectivity index (χ0n) is 14.5. The van der Waals surface area contributed by atoms with Gasteiger partial charge < -0.3 is 5.32 Å². The molecule has 0 saturated carbocycles. The van der Waals surface area contributed by atoms with E-state index in [-0.39, 0.29) is 29.4 Å². The van der Waals surface area contributed by atoms with Crippen molar-refractivity contribution < 1.29 is 14.5 Å². The fourth-order valence-corrected chi connectivity index (χ4v) is 2.94. The van der Waals surface area contributed by atoms with Gasteiger partial charge in [-0.15, -0.1) is 0 Å². The van der Waals surface area contributed by atoms with Crippen LogP contribution in [0.3, 0.4) is 0 Å². The number of amidine groups is 1. The molecule has 2 aromatic carbocycles. The molecule has 2 aromatic rings. The van der Waals surface area contributed by atoms with E-state index in [1.165, 1.54) is 23.2 Å². The Morgan fingerprint density at radius 2 is 2.04 bits per heavy atom. The van der Waals surface area contributed by atoms with Crippen molar-refractivity contribution in [1.82, 2.24) is 5.32 Å². The molecule has 0 spiro atoms. The summed E-state index contributed by atoms with van der Waals surface area (Å²) in [6, 6.07) is 8.89. The van der Waals surface area contributed by atoms with Gasteiger partial charge in [-0.2, -0.15) is 10.1 Å². The van der Waals surface area contributed by atoms with Crippen LogP contribution in [0.25, 0.3) is 0 Å². The lowest BCUT2D eigenvalue weighted by atomic mass is 10.1. The lowest BCUT2D eigenvalue weighted by Gasteiger charge is -2.16. The third kappa shape index (κ3) is 3.80. The van der Waals surface area contributed by atoms with E-state index >= 15 is 0 Å². The number of halogens is 1. The summed E-state index contributed by atoms with van der Waals surface area (Å²) in [5, 5.41) is 19.3. The number of hydrogen-bond acceptors (Lipinski definition) is 5. The summed E-state index contributed by atoms with van der Waals surface area (Å²) in [6.07, 6.45) is -0.0916. The van der Waals surface area contributed by atoms with Crippen molar-refractivity contribution >= 4 is 40.6 Å². The van der Waals surface area contributed by atoms with Gasteiger partial charge in [-0.3, -0.25) is 19.7 Å². The number of hydrazone groups is 1. The highest BCUT2D eigenvalue weighted by Crippen LogP contribution is 2.31. The average Bonchev–Trinajstić information content (AvgIpc) is 2.98. The third-order valence-corrected chi connectivity index (χ3v) is 4.43. The van der Waals surface area contributed by atoms with Crippen molar-refractivity contribution in [3.8, 4) is 0 Å². The molecule has 0 bridgehead atoms. The largest absolute Gasteiger partial charge is 0.308 e. The third-order valence-electron chi connectivity index (χ3n) is 4.04. The van der Waals surface area contributed by atoms with E-state index in [1.54, 1.807) is 19.1 Å². The standard InChI is InChI=1S/C18H15ClN4O4/c1-10-6-14(19)11(2)15(7-10)22-17(24)9-16(21-22)20-18(25)12-4-3-5-13(8-12)23(26)27/h3-8H,9H2,1-2H3,(H,20,21,25). The topological polar surface area (TPSA) is 105 Å². The molecule has 1 heterocycles. The Balaban J connectivity index is 1.84. The van der Waals surface area contributed by atoms with Crippen LogP contribution in [-0.4, -0.2) is 22.6 Å². The van der Waals surface area contributed by atoms with Crippen molar-refractivity contribution in [3.05, 3.63) is 68.2 Å². The number of nitro benzene ring substituents is 1. The first-order valence-corrected chi connectivity index (χ1v) is 8.37. The second-order valence-electron chi connectivity index (χ2n) is 6.08. The number of carbonyl (C=O) groups excluding carboxylic acids is 2. The van der Waals surface area contributed by atoms with Crippen LogP contribution in [0, 0.1) is 24.0 Å². The maximum absolute atomic E-state index is 12.3. The first-order chi connectivity index (χ1) is 12.8. The normalized spacial score (nSPS) is 13.5. The Morgan fingerprint density at radius 3 is 2.74 bits per heavy atom. The van der Waals surface area contributed by atoms with E-state index in [0.717, 1.165) is 11.6 Å². The number of hydrogen-bond donors (Lipinski definition) is 1. The summed E-state index contributed by atoms with van der Waals surface area (Å²) in [5.41, 5.74) is 2.03. The van der Waals surface area contributed by atoms with Crippen molar-refractivity contribution in [2.24, 2.45) is 5.10 Å². The van der Waals surface area contributed by atoms with Gasteiger partial charge >= 0.3 is 0 Å². The number of non-ortho nitro benzene ring substituents is 1. The molecule has 0 radical (unpaired) electrons. The number of nitrogens with zero attached hydrogens (tertiary/aromatic N) is 3. The van der Waals surface area contributed by atoms with E-state index in [1.807, 2.05) is 6.92 Å². The summed E-state index contributed by atoms with van der Waals surface area (Å²) in [6.45, 7) is 3.63. The highest BCUT2D eigenvalue weighted by Gasteiger charge is 2.28. The minimum atomic E-state index is -0.584. The maximum Gasteiger partial charge on any atom is 0.270 e. The van der Waals surface area contributed by atoms with E-state index < -0.39 is 10.8 Å². The molecule has 1 N–H and O–H groups in total. The monoisotopic (exact) mass is 386 g/mol. The lowest BCUT2D eigenvalue weighted by Crippen LogP contribution is -2.29. The van der Waals surface area contributed by atoms with Gasteiger partial charge in [0.25, 0.3) is 17.5 Å².